The largest absolute Gasteiger partial charge is 0.349 e. The fourth-order valence-electron chi connectivity index (χ4n) is 1.78. The molecule has 0 atom stereocenters. The van der Waals surface area contributed by atoms with E-state index in [1.165, 1.54) is 0 Å². The van der Waals surface area contributed by atoms with Crippen LogP contribution < -0.4 is 0 Å². The summed E-state index contributed by atoms with van der Waals surface area (Å²) in [6.07, 6.45) is 2.36. The van der Waals surface area contributed by atoms with Crippen molar-refractivity contribution in [2.24, 2.45) is 7.05 Å². The highest BCUT2D eigenvalue weighted by atomic mass is 35.5. The van der Waals surface area contributed by atoms with Gasteiger partial charge in [0.1, 0.15) is 5.78 Å². The molecular formula is C12H12ClNO. The molecule has 0 saturated heterocycles. The smallest absolute Gasteiger partial charge is 0.134 e. The zero-order valence-electron chi connectivity index (χ0n) is 8.75. The van der Waals surface area contributed by atoms with E-state index in [1.807, 2.05) is 36.0 Å². The van der Waals surface area contributed by atoms with Gasteiger partial charge in [-0.2, -0.15) is 0 Å². The Hall–Kier alpha value is -1.28. The molecule has 0 unspecified atom stereocenters. The second kappa shape index (κ2) is 3.70. The number of aryl methyl sites for hydroxylation is 1. The van der Waals surface area contributed by atoms with Gasteiger partial charge in [-0.1, -0.05) is 23.7 Å². The topological polar surface area (TPSA) is 22.0 Å². The standard InChI is InChI=1S/C12H12ClNO/c1-8(15)5-9-3-4-10-11(13)7-14(2)12(10)6-9/h3-4,6-7H,5H2,1-2H3. The minimum absolute atomic E-state index is 0.176. The number of benzene rings is 1. The van der Waals surface area contributed by atoms with Crippen LogP contribution in [0.3, 0.4) is 0 Å². The van der Waals surface area contributed by atoms with Crippen molar-refractivity contribution in [1.29, 1.82) is 0 Å². The van der Waals surface area contributed by atoms with E-state index in [-0.39, 0.29) is 5.78 Å². The van der Waals surface area contributed by atoms with Crippen molar-refractivity contribution in [2.75, 3.05) is 0 Å². The molecule has 0 aliphatic carbocycles. The van der Waals surface area contributed by atoms with E-state index in [9.17, 15) is 4.79 Å². The zero-order chi connectivity index (χ0) is 11.0. The average Bonchev–Trinajstić information content (AvgIpc) is 2.41. The number of halogens is 1. The van der Waals surface area contributed by atoms with Crippen molar-refractivity contribution in [3.05, 3.63) is 35.0 Å². The summed E-state index contributed by atoms with van der Waals surface area (Å²) >= 11 is 6.05. The monoisotopic (exact) mass is 221 g/mol. The average molecular weight is 222 g/mol. The number of carbonyl (C=O) groups excluding carboxylic acids is 1. The first-order chi connectivity index (χ1) is 7.08. The number of fused-ring (bicyclic) bond motifs is 1. The second-order valence-corrected chi connectivity index (χ2v) is 4.23. The van der Waals surface area contributed by atoms with Crippen LogP contribution in [0.1, 0.15) is 12.5 Å². The van der Waals surface area contributed by atoms with Crippen molar-refractivity contribution in [1.82, 2.24) is 4.57 Å². The maximum atomic E-state index is 11.0. The zero-order valence-corrected chi connectivity index (χ0v) is 9.51. The van der Waals surface area contributed by atoms with Crippen LogP contribution in [-0.4, -0.2) is 10.4 Å². The molecule has 0 radical (unpaired) electrons. The second-order valence-electron chi connectivity index (χ2n) is 3.82. The summed E-state index contributed by atoms with van der Waals surface area (Å²) in [5, 5.41) is 1.79. The first-order valence-corrected chi connectivity index (χ1v) is 5.18. The van der Waals surface area contributed by atoms with Gasteiger partial charge < -0.3 is 4.57 Å². The minimum atomic E-state index is 0.176. The molecule has 2 nitrogen and oxygen atoms in total. The van der Waals surface area contributed by atoms with Crippen LogP contribution in [0.4, 0.5) is 0 Å². The van der Waals surface area contributed by atoms with Crippen LogP contribution >= 0.6 is 11.6 Å². The third kappa shape index (κ3) is 1.90. The number of ketones is 1. The van der Waals surface area contributed by atoms with Crippen molar-refractivity contribution < 1.29 is 4.79 Å². The molecule has 3 heteroatoms. The molecular weight excluding hydrogens is 210 g/mol. The molecule has 1 aromatic carbocycles. The Morgan fingerprint density at radius 1 is 1.47 bits per heavy atom. The lowest BCUT2D eigenvalue weighted by Gasteiger charge is -2.00. The summed E-state index contributed by atoms with van der Waals surface area (Å²) in [5.74, 6) is 0.176. The molecule has 0 N–H and O–H groups in total. The number of rotatable bonds is 2. The van der Waals surface area contributed by atoms with Gasteiger partial charge in [0.2, 0.25) is 0 Å². The maximum Gasteiger partial charge on any atom is 0.134 e. The molecule has 0 aliphatic heterocycles. The van der Waals surface area contributed by atoms with E-state index in [2.05, 4.69) is 0 Å². The predicted molar refractivity (Wildman–Crippen MR) is 62.3 cm³/mol. The number of carbonyl (C=O) groups is 1. The molecule has 0 bridgehead atoms. The summed E-state index contributed by atoms with van der Waals surface area (Å²) in [6, 6.07) is 5.94. The predicted octanol–water partition coefficient (Wildman–Crippen LogP) is 2.96. The van der Waals surface area contributed by atoms with Gasteiger partial charge in [-0.3, -0.25) is 4.79 Å². The van der Waals surface area contributed by atoms with Crippen LogP contribution in [0.2, 0.25) is 5.02 Å². The molecule has 0 spiro atoms. The fraction of sp³-hybridized carbons (Fsp3) is 0.250. The van der Waals surface area contributed by atoms with Gasteiger partial charge >= 0.3 is 0 Å². The molecule has 2 rings (SSSR count). The summed E-state index contributed by atoms with van der Waals surface area (Å²) in [7, 11) is 1.95. The highest BCUT2D eigenvalue weighted by molar-refractivity contribution is 6.35. The van der Waals surface area contributed by atoms with Crippen LogP contribution in [0.5, 0.6) is 0 Å². The Kier molecular flexibility index (Phi) is 2.53. The molecule has 0 fully saturated rings. The molecule has 1 aromatic heterocycles. The van der Waals surface area contributed by atoms with Crippen LogP contribution in [0, 0.1) is 0 Å². The minimum Gasteiger partial charge on any atom is -0.349 e. The Bertz CT molecular complexity index is 528. The van der Waals surface area contributed by atoms with E-state index in [1.54, 1.807) is 6.92 Å². The van der Waals surface area contributed by atoms with E-state index < -0.39 is 0 Å². The highest BCUT2D eigenvalue weighted by Gasteiger charge is 2.06. The van der Waals surface area contributed by atoms with E-state index in [4.69, 9.17) is 11.6 Å². The van der Waals surface area contributed by atoms with Gasteiger partial charge in [0.05, 0.1) is 5.02 Å². The van der Waals surface area contributed by atoms with Gasteiger partial charge in [-0.15, -0.1) is 0 Å². The van der Waals surface area contributed by atoms with Crippen LogP contribution in [0.25, 0.3) is 10.9 Å². The van der Waals surface area contributed by atoms with E-state index in [0.717, 1.165) is 21.5 Å². The number of aromatic nitrogens is 1. The van der Waals surface area contributed by atoms with Gasteiger partial charge in [0.25, 0.3) is 0 Å². The third-order valence-electron chi connectivity index (χ3n) is 2.46. The summed E-state index contributed by atoms with van der Waals surface area (Å²) in [6.45, 7) is 1.60. The number of hydrogen-bond donors (Lipinski definition) is 0. The molecule has 0 amide bonds. The Balaban J connectivity index is 2.55. The number of Topliss-reactive ketones (excluding diaryl/α,β-unsaturated/α-hetero) is 1. The van der Waals surface area contributed by atoms with Crippen LogP contribution in [-0.2, 0) is 18.3 Å². The molecule has 2 aromatic rings. The summed E-state index contributed by atoms with van der Waals surface area (Å²) in [5.41, 5.74) is 2.10. The lowest BCUT2D eigenvalue weighted by molar-refractivity contribution is -0.116. The molecule has 0 aliphatic rings. The van der Waals surface area contributed by atoms with E-state index >= 15 is 0 Å². The fourth-order valence-corrected chi connectivity index (χ4v) is 2.08. The van der Waals surface area contributed by atoms with Gasteiger partial charge in [0.15, 0.2) is 0 Å². The first kappa shape index (κ1) is 10.2. The SMILES string of the molecule is CC(=O)Cc1ccc2c(Cl)cn(C)c2c1. The van der Waals surface area contributed by atoms with Gasteiger partial charge in [-0.05, 0) is 18.6 Å². The van der Waals surface area contributed by atoms with Crippen molar-refractivity contribution in [3.63, 3.8) is 0 Å². The highest BCUT2D eigenvalue weighted by Crippen LogP contribution is 2.25. The lowest BCUT2D eigenvalue weighted by Crippen LogP contribution is -1.96. The quantitative estimate of drug-likeness (QED) is 0.764. The van der Waals surface area contributed by atoms with Crippen molar-refractivity contribution >= 4 is 28.3 Å². The summed E-state index contributed by atoms with van der Waals surface area (Å²) in [4.78, 5) is 11.0. The normalized spacial score (nSPS) is 10.9. The van der Waals surface area contributed by atoms with Crippen molar-refractivity contribution in [2.45, 2.75) is 13.3 Å². The molecule has 78 valence electrons. The third-order valence-corrected chi connectivity index (χ3v) is 2.76. The number of hydrogen-bond acceptors (Lipinski definition) is 1. The lowest BCUT2D eigenvalue weighted by atomic mass is 10.1. The molecule has 15 heavy (non-hydrogen) atoms. The molecule has 1 heterocycles. The molecule has 0 saturated carbocycles. The Morgan fingerprint density at radius 2 is 2.20 bits per heavy atom. The summed E-state index contributed by atoms with van der Waals surface area (Å²) < 4.78 is 1.97. The number of nitrogens with zero attached hydrogens (tertiary/aromatic N) is 1. The van der Waals surface area contributed by atoms with Crippen LogP contribution in [0.15, 0.2) is 24.4 Å². The first-order valence-electron chi connectivity index (χ1n) is 4.81. The Labute approximate surface area is 93.5 Å². The maximum absolute atomic E-state index is 11.0. The van der Waals surface area contributed by atoms with Gasteiger partial charge in [0, 0.05) is 30.6 Å². The van der Waals surface area contributed by atoms with E-state index in [0.29, 0.717) is 6.42 Å². The van der Waals surface area contributed by atoms with Crippen molar-refractivity contribution in [3.8, 4) is 0 Å². The Morgan fingerprint density at radius 3 is 2.87 bits per heavy atom. The van der Waals surface area contributed by atoms with Gasteiger partial charge in [-0.25, -0.2) is 0 Å².